The van der Waals surface area contributed by atoms with Gasteiger partial charge in [-0.3, -0.25) is 0 Å². The van der Waals surface area contributed by atoms with Crippen molar-refractivity contribution in [3.8, 4) is 50.2 Å². The van der Waals surface area contributed by atoms with Crippen LogP contribution in [0.3, 0.4) is 0 Å². The third kappa shape index (κ3) is 6.08. The SMILES string of the molecule is CC1(C)c2ccccc2-c2ccc(-c3ccc(N(c4ccccc4-c4cccc5ccccc45)c4ccc5c(oc6ccccc65)c4-c4cccc(-n5c6ccccc6c6ccccc65)c4)cc3)cc21. The highest BCUT2D eigenvalue weighted by Crippen LogP contribution is 2.52. The second-order valence-corrected chi connectivity index (χ2v) is 19.2. The average Bonchev–Trinajstić information content (AvgIpc) is 4.04. The molecule has 3 nitrogen and oxygen atoms in total. The van der Waals surface area contributed by atoms with Gasteiger partial charge in [0.2, 0.25) is 0 Å². The van der Waals surface area contributed by atoms with Gasteiger partial charge in [0.05, 0.1) is 22.4 Å². The number of benzene rings is 11. The van der Waals surface area contributed by atoms with Gasteiger partial charge in [-0.15, -0.1) is 0 Å². The Labute approximate surface area is 406 Å². The fraction of sp³-hybridized carbons (Fsp3) is 0.0448. The van der Waals surface area contributed by atoms with Crippen LogP contribution < -0.4 is 4.90 Å². The molecule has 1 aliphatic rings. The first kappa shape index (κ1) is 40.2. The van der Waals surface area contributed by atoms with Crippen LogP contribution in [0.4, 0.5) is 17.1 Å². The molecule has 0 fully saturated rings. The Morgan fingerprint density at radius 1 is 0.386 bits per heavy atom. The van der Waals surface area contributed by atoms with Crippen LogP contribution in [0, 0.1) is 0 Å². The molecular weight excluding hydrogens is 849 g/mol. The van der Waals surface area contributed by atoms with Crippen molar-refractivity contribution in [2.75, 3.05) is 4.90 Å². The highest BCUT2D eigenvalue weighted by atomic mass is 16.3. The third-order valence-corrected chi connectivity index (χ3v) is 15.0. The molecule has 1 aliphatic carbocycles. The van der Waals surface area contributed by atoms with Crippen molar-refractivity contribution >= 4 is 71.6 Å². The van der Waals surface area contributed by atoms with E-state index in [1.54, 1.807) is 0 Å². The van der Waals surface area contributed by atoms with Gasteiger partial charge >= 0.3 is 0 Å². The number of para-hydroxylation sites is 4. The number of fused-ring (bicyclic) bond motifs is 10. The fourth-order valence-electron chi connectivity index (χ4n) is 11.7. The lowest BCUT2D eigenvalue weighted by Gasteiger charge is -2.30. The van der Waals surface area contributed by atoms with Crippen LogP contribution in [0.2, 0.25) is 0 Å². The number of furan rings is 1. The first-order valence-corrected chi connectivity index (χ1v) is 24.2. The van der Waals surface area contributed by atoms with E-state index in [1.807, 2.05) is 0 Å². The van der Waals surface area contributed by atoms with E-state index >= 15 is 0 Å². The van der Waals surface area contributed by atoms with Gasteiger partial charge in [0.1, 0.15) is 11.2 Å². The maximum Gasteiger partial charge on any atom is 0.145 e. The Morgan fingerprint density at radius 2 is 1.00 bits per heavy atom. The van der Waals surface area contributed by atoms with Crippen LogP contribution in [-0.2, 0) is 5.41 Å². The molecule has 2 aromatic heterocycles. The topological polar surface area (TPSA) is 21.3 Å². The summed E-state index contributed by atoms with van der Waals surface area (Å²) in [4.78, 5) is 2.46. The fourth-order valence-corrected chi connectivity index (χ4v) is 11.7. The lowest BCUT2D eigenvalue weighted by molar-refractivity contribution is 0.660. The van der Waals surface area contributed by atoms with Crippen molar-refractivity contribution in [2.45, 2.75) is 19.3 Å². The molecule has 0 radical (unpaired) electrons. The average molecular weight is 895 g/mol. The van der Waals surface area contributed by atoms with Crippen molar-refractivity contribution in [3.63, 3.8) is 0 Å². The summed E-state index contributed by atoms with van der Waals surface area (Å²) in [5.41, 5.74) is 20.4. The molecule has 0 saturated heterocycles. The van der Waals surface area contributed by atoms with Crippen LogP contribution in [0.15, 0.2) is 247 Å². The van der Waals surface area contributed by atoms with E-state index in [9.17, 15) is 0 Å². The van der Waals surface area contributed by atoms with Crippen LogP contribution in [0.1, 0.15) is 25.0 Å². The van der Waals surface area contributed by atoms with E-state index < -0.39 is 0 Å². The molecular formula is C67H46N2O. The summed E-state index contributed by atoms with van der Waals surface area (Å²) in [7, 11) is 0. The second-order valence-electron chi connectivity index (χ2n) is 19.2. The van der Waals surface area contributed by atoms with Gasteiger partial charge in [0.15, 0.2) is 0 Å². The lowest BCUT2D eigenvalue weighted by Crippen LogP contribution is -2.14. The number of hydrogen-bond acceptors (Lipinski definition) is 2. The van der Waals surface area contributed by atoms with Gasteiger partial charge in [-0.25, -0.2) is 0 Å². The minimum atomic E-state index is -0.0887. The number of aromatic nitrogens is 1. The standard InChI is InChI=1S/C67H46N2O/c1-67(2)58-28-10-5-22-51(58)52-38-35-45(42-59(52)67)43-33-36-47(37-34-43)68(60-29-11-6-23-53(60)50-27-16-18-44-17-3-4-21-49(44)50)63-40-39-57-56-26-9-14-32-64(56)70-66(57)65(63)46-19-15-20-48(41-46)69-61-30-12-7-24-54(61)55-25-8-13-31-62(55)69/h3-42H,1-2H3. The quantitative estimate of drug-likeness (QED) is 0.159. The summed E-state index contributed by atoms with van der Waals surface area (Å²) in [6, 6.07) is 88.7. The summed E-state index contributed by atoms with van der Waals surface area (Å²) >= 11 is 0. The Balaban J connectivity index is 1.01. The molecule has 0 unspecified atom stereocenters. The van der Waals surface area contributed by atoms with E-state index in [0.717, 1.165) is 61.4 Å². The zero-order chi connectivity index (χ0) is 46.5. The minimum Gasteiger partial charge on any atom is -0.455 e. The van der Waals surface area contributed by atoms with Crippen LogP contribution in [-0.4, -0.2) is 4.57 Å². The maximum atomic E-state index is 7.06. The first-order chi connectivity index (χ1) is 34.5. The molecule has 3 heteroatoms. The molecule has 0 bridgehead atoms. The van der Waals surface area contributed by atoms with Crippen molar-refractivity contribution in [1.29, 1.82) is 0 Å². The molecule has 0 N–H and O–H groups in total. The number of anilines is 3. The van der Waals surface area contributed by atoms with Gasteiger partial charge in [-0.05, 0) is 122 Å². The molecule has 0 spiro atoms. The zero-order valence-electron chi connectivity index (χ0n) is 38.9. The summed E-state index contributed by atoms with van der Waals surface area (Å²) < 4.78 is 9.46. The second kappa shape index (κ2) is 15.6. The predicted molar refractivity (Wildman–Crippen MR) is 294 cm³/mol. The summed E-state index contributed by atoms with van der Waals surface area (Å²) in [5.74, 6) is 0. The molecule has 330 valence electrons. The summed E-state index contributed by atoms with van der Waals surface area (Å²) in [5, 5.41) is 7.06. The highest BCUT2D eigenvalue weighted by Gasteiger charge is 2.35. The minimum absolute atomic E-state index is 0.0887. The van der Waals surface area contributed by atoms with Crippen molar-refractivity contribution in [3.05, 3.63) is 254 Å². The molecule has 11 aromatic carbocycles. The molecule has 14 rings (SSSR count). The highest BCUT2D eigenvalue weighted by molar-refractivity contribution is 6.14. The van der Waals surface area contributed by atoms with E-state index in [2.05, 4.69) is 266 Å². The lowest BCUT2D eigenvalue weighted by atomic mass is 9.81. The van der Waals surface area contributed by atoms with Gasteiger partial charge < -0.3 is 13.9 Å². The molecule has 0 saturated carbocycles. The molecule has 0 aliphatic heterocycles. The predicted octanol–water partition coefficient (Wildman–Crippen LogP) is 18.6. The van der Waals surface area contributed by atoms with Crippen LogP contribution >= 0.6 is 0 Å². The number of rotatable bonds is 7. The monoisotopic (exact) mass is 894 g/mol. The maximum absolute atomic E-state index is 7.06. The smallest absolute Gasteiger partial charge is 0.145 e. The first-order valence-electron chi connectivity index (χ1n) is 24.2. The molecule has 13 aromatic rings. The number of hydrogen-bond donors (Lipinski definition) is 0. The van der Waals surface area contributed by atoms with Crippen molar-refractivity contribution < 1.29 is 4.42 Å². The van der Waals surface area contributed by atoms with Gasteiger partial charge in [0, 0.05) is 49.5 Å². The van der Waals surface area contributed by atoms with Crippen LogP contribution in [0.5, 0.6) is 0 Å². The molecule has 0 amide bonds. The van der Waals surface area contributed by atoms with Gasteiger partial charge in [0.25, 0.3) is 0 Å². The van der Waals surface area contributed by atoms with E-state index in [0.29, 0.717) is 0 Å². The number of nitrogens with zero attached hydrogens (tertiary/aromatic N) is 2. The van der Waals surface area contributed by atoms with Gasteiger partial charge in [-0.2, -0.15) is 0 Å². The van der Waals surface area contributed by atoms with E-state index in [1.165, 1.54) is 71.5 Å². The Hall–Kier alpha value is -8.92. The van der Waals surface area contributed by atoms with Crippen LogP contribution in [0.25, 0.3) is 105 Å². The molecule has 2 heterocycles. The Morgan fingerprint density at radius 3 is 1.81 bits per heavy atom. The van der Waals surface area contributed by atoms with E-state index in [-0.39, 0.29) is 5.41 Å². The normalized spacial score (nSPS) is 12.8. The van der Waals surface area contributed by atoms with Gasteiger partial charge in [-0.1, -0.05) is 190 Å². The largest absolute Gasteiger partial charge is 0.455 e. The summed E-state index contributed by atoms with van der Waals surface area (Å²) in [6.07, 6.45) is 0. The zero-order valence-corrected chi connectivity index (χ0v) is 38.9. The Kier molecular flexibility index (Phi) is 8.93. The third-order valence-electron chi connectivity index (χ3n) is 15.0. The van der Waals surface area contributed by atoms with Crippen molar-refractivity contribution in [1.82, 2.24) is 4.57 Å². The molecule has 0 atom stereocenters. The summed E-state index contributed by atoms with van der Waals surface area (Å²) in [6.45, 7) is 4.70. The van der Waals surface area contributed by atoms with Crippen molar-refractivity contribution in [2.24, 2.45) is 0 Å². The van der Waals surface area contributed by atoms with E-state index in [4.69, 9.17) is 4.42 Å². The Bertz CT molecular complexity index is 4170. The molecule has 70 heavy (non-hydrogen) atoms.